The summed E-state index contributed by atoms with van der Waals surface area (Å²) in [6, 6.07) is 5.38. The summed E-state index contributed by atoms with van der Waals surface area (Å²) in [5.41, 5.74) is -0.365. The number of rotatable bonds is 9. The molecular formula is C24H31FN4O5. The summed E-state index contributed by atoms with van der Waals surface area (Å²) in [5, 5.41) is 7.10. The molecular weight excluding hydrogens is 443 g/mol. The van der Waals surface area contributed by atoms with Crippen LogP contribution in [0, 0.1) is 12.7 Å². The van der Waals surface area contributed by atoms with Gasteiger partial charge in [0.2, 0.25) is 5.91 Å². The van der Waals surface area contributed by atoms with Gasteiger partial charge in [0.1, 0.15) is 17.1 Å². The van der Waals surface area contributed by atoms with Gasteiger partial charge in [0, 0.05) is 24.9 Å². The normalized spacial score (nSPS) is 17.6. The number of fused-ring (bicyclic) bond motifs is 1. The van der Waals surface area contributed by atoms with E-state index in [4.69, 9.17) is 9.47 Å². The molecule has 1 aliphatic rings. The minimum Gasteiger partial charge on any atom is -0.461 e. The highest BCUT2D eigenvalue weighted by atomic mass is 19.1. The SMILES string of the molecule is CCOC(=O)c1cc2n(n1)C[C@](C)(C(=O)NCCCOC(C)C)N(c1ccc(F)cc1C)C2=O. The largest absolute Gasteiger partial charge is 0.461 e. The van der Waals surface area contributed by atoms with Gasteiger partial charge in [-0.15, -0.1) is 0 Å². The van der Waals surface area contributed by atoms with Gasteiger partial charge in [-0.1, -0.05) is 0 Å². The number of halogens is 1. The van der Waals surface area contributed by atoms with Gasteiger partial charge in [0.15, 0.2) is 5.69 Å². The highest BCUT2D eigenvalue weighted by Gasteiger charge is 2.49. The molecule has 0 spiro atoms. The van der Waals surface area contributed by atoms with E-state index < -0.39 is 29.1 Å². The molecule has 2 aromatic rings. The molecule has 0 aliphatic carbocycles. The van der Waals surface area contributed by atoms with Gasteiger partial charge in [-0.25, -0.2) is 9.18 Å². The van der Waals surface area contributed by atoms with Crippen LogP contribution in [0.2, 0.25) is 0 Å². The predicted octanol–water partition coefficient (Wildman–Crippen LogP) is 2.86. The number of amides is 2. The number of esters is 1. The second-order valence-electron chi connectivity index (χ2n) is 8.67. The standard InChI is InChI=1S/C24H31FN4O5/c1-6-33-22(31)18-13-20-21(30)29(19-9-8-17(25)12-16(19)4)24(5,14-28(20)27-18)23(32)26-10-7-11-34-15(2)3/h8-9,12-13,15H,6-7,10-11,14H2,1-5H3,(H,26,32)/t24-/m1/s1. The minimum atomic E-state index is -1.39. The van der Waals surface area contributed by atoms with Crippen molar-refractivity contribution < 1.29 is 28.2 Å². The third kappa shape index (κ3) is 5.11. The van der Waals surface area contributed by atoms with E-state index in [0.29, 0.717) is 30.8 Å². The number of hydrogen-bond acceptors (Lipinski definition) is 6. The van der Waals surface area contributed by atoms with E-state index in [1.807, 2.05) is 13.8 Å². The summed E-state index contributed by atoms with van der Waals surface area (Å²) in [7, 11) is 0. The van der Waals surface area contributed by atoms with Crippen molar-refractivity contribution in [1.29, 1.82) is 0 Å². The van der Waals surface area contributed by atoms with Gasteiger partial charge in [-0.05, 0) is 64.8 Å². The second kappa shape index (κ2) is 10.3. The van der Waals surface area contributed by atoms with Gasteiger partial charge in [-0.2, -0.15) is 5.10 Å². The Bertz CT molecular complexity index is 1080. The molecule has 1 aromatic heterocycles. The maximum atomic E-state index is 13.8. The minimum absolute atomic E-state index is 0.00137. The van der Waals surface area contributed by atoms with Crippen molar-refractivity contribution in [2.45, 2.75) is 59.2 Å². The van der Waals surface area contributed by atoms with E-state index in [1.54, 1.807) is 20.8 Å². The number of aromatic nitrogens is 2. The number of ether oxygens (including phenoxy) is 2. The third-order valence-electron chi connectivity index (χ3n) is 5.58. The fraction of sp³-hybridized carbons (Fsp3) is 0.500. The summed E-state index contributed by atoms with van der Waals surface area (Å²) >= 11 is 0. The Morgan fingerprint density at radius 1 is 1.29 bits per heavy atom. The van der Waals surface area contributed by atoms with Crippen LogP contribution in [0.25, 0.3) is 0 Å². The van der Waals surface area contributed by atoms with Crippen molar-refractivity contribution in [3.63, 3.8) is 0 Å². The maximum Gasteiger partial charge on any atom is 0.358 e. The Labute approximate surface area is 198 Å². The number of aryl methyl sites for hydroxylation is 1. The van der Waals surface area contributed by atoms with Crippen LogP contribution >= 0.6 is 0 Å². The molecule has 0 saturated carbocycles. The second-order valence-corrected chi connectivity index (χ2v) is 8.67. The van der Waals surface area contributed by atoms with E-state index in [9.17, 15) is 18.8 Å². The van der Waals surface area contributed by atoms with Crippen molar-refractivity contribution in [3.8, 4) is 0 Å². The van der Waals surface area contributed by atoms with Gasteiger partial charge >= 0.3 is 5.97 Å². The molecule has 9 nitrogen and oxygen atoms in total. The maximum absolute atomic E-state index is 13.8. The summed E-state index contributed by atoms with van der Waals surface area (Å²) < 4.78 is 25.7. The predicted molar refractivity (Wildman–Crippen MR) is 123 cm³/mol. The molecule has 0 unspecified atom stereocenters. The molecule has 0 fully saturated rings. The molecule has 1 aromatic carbocycles. The number of hydrogen-bond donors (Lipinski definition) is 1. The number of benzene rings is 1. The Balaban J connectivity index is 1.96. The number of nitrogens with one attached hydrogen (secondary N) is 1. The summed E-state index contributed by atoms with van der Waals surface area (Å²) in [6.45, 7) is 9.84. The zero-order valence-electron chi connectivity index (χ0n) is 20.2. The van der Waals surface area contributed by atoms with Crippen molar-refractivity contribution >= 4 is 23.5 Å². The Hall–Kier alpha value is -3.27. The van der Waals surface area contributed by atoms with E-state index in [1.165, 1.54) is 33.8 Å². The Morgan fingerprint density at radius 3 is 2.68 bits per heavy atom. The molecule has 0 bridgehead atoms. The zero-order chi connectivity index (χ0) is 25.0. The van der Waals surface area contributed by atoms with Crippen LogP contribution in [0.5, 0.6) is 0 Å². The van der Waals surface area contributed by atoms with Crippen molar-refractivity contribution in [1.82, 2.24) is 15.1 Å². The van der Waals surface area contributed by atoms with Crippen LogP contribution in [0.15, 0.2) is 24.3 Å². The lowest BCUT2D eigenvalue weighted by Crippen LogP contribution is -2.64. The summed E-state index contributed by atoms with van der Waals surface area (Å²) in [4.78, 5) is 40.6. The van der Waals surface area contributed by atoms with Gasteiger partial charge < -0.3 is 14.8 Å². The smallest absolute Gasteiger partial charge is 0.358 e. The molecule has 10 heteroatoms. The number of carbonyl (C=O) groups is 3. The first-order valence-electron chi connectivity index (χ1n) is 11.3. The molecule has 1 aliphatic heterocycles. The van der Waals surface area contributed by atoms with Crippen LogP contribution in [-0.4, -0.2) is 59.0 Å². The molecule has 1 atom stereocenters. The number of carbonyl (C=O) groups excluding carboxylic acids is 3. The van der Waals surface area contributed by atoms with Crippen LogP contribution in [-0.2, 0) is 20.8 Å². The van der Waals surface area contributed by atoms with Crippen LogP contribution in [0.3, 0.4) is 0 Å². The van der Waals surface area contributed by atoms with Crippen LogP contribution < -0.4 is 10.2 Å². The molecule has 3 rings (SSSR count). The molecule has 0 radical (unpaired) electrons. The Kier molecular flexibility index (Phi) is 7.71. The van der Waals surface area contributed by atoms with E-state index in [-0.39, 0.29) is 30.6 Å². The first kappa shape index (κ1) is 25.4. The highest BCUT2D eigenvalue weighted by Crippen LogP contribution is 2.35. The van der Waals surface area contributed by atoms with Gasteiger partial charge in [0.25, 0.3) is 5.91 Å². The first-order valence-corrected chi connectivity index (χ1v) is 11.3. The lowest BCUT2D eigenvalue weighted by Gasteiger charge is -2.43. The highest BCUT2D eigenvalue weighted by molar-refractivity contribution is 6.12. The quantitative estimate of drug-likeness (QED) is 0.443. The van der Waals surface area contributed by atoms with Crippen LogP contribution in [0.1, 0.15) is 60.7 Å². The van der Waals surface area contributed by atoms with Crippen molar-refractivity contribution in [3.05, 3.63) is 47.0 Å². The van der Waals surface area contributed by atoms with Crippen LogP contribution in [0.4, 0.5) is 10.1 Å². The fourth-order valence-electron chi connectivity index (χ4n) is 3.92. The average Bonchev–Trinajstić information content (AvgIpc) is 3.19. The Morgan fingerprint density at radius 2 is 2.03 bits per heavy atom. The van der Waals surface area contributed by atoms with Crippen molar-refractivity contribution in [2.75, 3.05) is 24.7 Å². The zero-order valence-corrected chi connectivity index (χ0v) is 20.2. The fourth-order valence-corrected chi connectivity index (χ4v) is 3.92. The molecule has 184 valence electrons. The summed E-state index contributed by atoms with van der Waals surface area (Å²) in [5.74, 6) is -2.02. The molecule has 34 heavy (non-hydrogen) atoms. The molecule has 2 heterocycles. The van der Waals surface area contributed by atoms with E-state index >= 15 is 0 Å². The summed E-state index contributed by atoms with van der Waals surface area (Å²) in [6.07, 6.45) is 0.691. The van der Waals surface area contributed by atoms with E-state index in [2.05, 4.69) is 10.4 Å². The first-order chi connectivity index (χ1) is 16.1. The lowest BCUT2D eigenvalue weighted by atomic mass is 9.93. The molecule has 0 saturated heterocycles. The third-order valence-corrected chi connectivity index (χ3v) is 5.58. The lowest BCUT2D eigenvalue weighted by molar-refractivity contribution is -0.126. The van der Waals surface area contributed by atoms with Gasteiger partial charge in [-0.3, -0.25) is 19.2 Å². The molecule has 2 amide bonds. The number of anilines is 1. The van der Waals surface area contributed by atoms with Gasteiger partial charge in [0.05, 0.1) is 19.3 Å². The molecule has 1 N–H and O–H groups in total. The topological polar surface area (TPSA) is 103 Å². The average molecular weight is 475 g/mol. The van der Waals surface area contributed by atoms with Crippen molar-refractivity contribution in [2.24, 2.45) is 0 Å². The van der Waals surface area contributed by atoms with E-state index in [0.717, 1.165) is 0 Å². The number of nitrogens with zero attached hydrogens (tertiary/aromatic N) is 3. The monoisotopic (exact) mass is 474 g/mol.